The van der Waals surface area contributed by atoms with Crippen LogP contribution in [-0.2, 0) is 3.79 Å². The predicted molar refractivity (Wildman–Crippen MR) is 45.1 cm³/mol. The zero-order chi connectivity index (χ0) is 8.04. The van der Waals surface area contributed by atoms with E-state index in [2.05, 4.69) is 37.4 Å². The molecule has 0 aromatic rings. The van der Waals surface area contributed by atoms with Gasteiger partial charge in [0.2, 0.25) is 0 Å². The first-order chi connectivity index (χ1) is 4.68. The Labute approximate surface area is 72.9 Å². The van der Waals surface area contributed by atoms with Crippen molar-refractivity contribution in [1.29, 1.82) is 0 Å². The SMILES string of the molecule is CCCC(C)(CCC)[O][Al]. The summed E-state index contributed by atoms with van der Waals surface area (Å²) in [4.78, 5) is 0. The van der Waals surface area contributed by atoms with Crippen molar-refractivity contribution in [2.24, 2.45) is 0 Å². The van der Waals surface area contributed by atoms with E-state index in [0.717, 1.165) is 12.8 Å². The first-order valence-corrected chi connectivity index (χ1v) is 4.53. The van der Waals surface area contributed by atoms with Crippen molar-refractivity contribution in [3.8, 4) is 0 Å². The van der Waals surface area contributed by atoms with Gasteiger partial charge in [-0.1, -0.05) is 26.7 Å². The van der Waals surface area contributed by atoms with Crippen LogP contribution in [0.2, 0.25) is 0 Å². The molecule has 10 heavy (non-hydrogen) atoms. The number of hydrogen-bond acceptors (Lipinski definition) is 1. The second kappa shape index (κ2) is 5.18. The van der Waals surface area contributed by atoms with Crippen molar-refractivity contribution < 1.29 is 3.79 Å². The third kappa shape index (κ3) is 3.61. The van der Waals surface area contributed by atoms with Crippen LogP contribution in [-0.4, -0.2) is 22.2 Å². The Kier molecular flexibility index (Phi) is 5.44. The van der Waals surface area contributed by atoms with Gasteiger partial charge in [-0.3, -0.25) is 0 Å². The van der Waals surface area contributed by atoms with Gasteiger partial charge in [0, 0.05) is 5.60 Å². The zero-order valence-electron chi connectivity index (χ0n) is 7.31. The summed E-state index contributed by atoms with van der Waals surface area (Å²) in [5.74, 6) is 0. The molecule has 2 heteroatoms. The summed E-state index contributed by atoms with van der Waals surface area (Å²) in [5.41, 5.74) is 0.105. The molecule has 0 heterocycles. The first kappa shape index (κ1) is 10.5. The Morgan fingerprint density at radius 1 is 1.20 bits per heavy atom. The maximum absolute atomic E-state index is 5.34. The Morgan fingerprint density at radius 2 is 1.60 bits per heavy atom. The van der Waals surface area contributed by atoms with Crippen molar-refractivity contribution >= 4 is 16.6 Å². The normalized spacial score (nSPS) is 11.9. The highest BCUT2D eigenvalue weighted by Crippen LogP contribution is 2.21. The minimum atomic E-state index is 0.105. The fourth-order valence-electron chi connectivity index (χ4n) is 1.30. The molecular formula is C8H17AlO. The van der Waals surface area contributed by atoms with E-state index in [1.54, 1.807) is 0 Å². The molecule has 0 aromatic carbocycles. The molecule has 0 spiro atoms. The van der Waals surface area contributed by atoms with Gasteiger partial charge >= 0.3 is 16.6 Å². The van der Waals surface area contributed by atoms with Crippen LogP contribution < -0.4 is 0 Å². The Bertz CT molecular complexity index is 77.3. The quantitative estimate of drug-likeness (QED) is 0.555. The smallest absolute Gasteiger partial charge is 0.369 e. The Morgan fingerprint density at radius 3 is 1.80 bits per heavy atom. The first-order valence-electron chi connectivity index (χ1n) is 4.06. The third-order valence-corrected chi connectivity index (χ3v) is 2.41. The van der Waals surface area contributed by atoms with Gasteiger partial charge in [-0.05, 0) is 19.8 Å². The minimum Gasteiger partial charge on any atom is -0.512 e. The Hall–Kier alpha value is 0.492. The van der Waals surface area contributed by atoms with Crippen molar-refractivity contribution in [2.75, 3.05) is 0 Å². The summed E-state index contributed by atoms with van der Waals surface area (Å²) >= 11 is 2.37. The van der Waals surface area contributed by atoms with E-state index >= 15 is 0 Å². The highest BCUT2D eigenvalue weighted by atomic mass is 27.1. The van der Waals surface area contributed by atoms with Gasteiger partial charge in [0.1, 0.15) is 0 Å². The van der Waals surface area contributed by atoms with Crippen molar-refractivity contribution in [2.45, 2.75) is 52.1 Å². The lowest BCUT2D eigenvalue weighted by atomic mass is 9.95. The molecule has 0 amide bonds. The van der Waals surface area contributed by atoms with Crippen molar-refractivity contribution in [3.63, 3.8) is 0 Å². The van der Waals surface area contributed by atoms with Crippen molar-refractivity contribution in [3.05, 3.63) is 0 Å². The molecule has 2 radical (unpaired) electrons. The predicted octanol–water partition coefficient (Wildman–Crippen LogP) is 2.45. The van der Waals surface area contributed by atoms with Gasteiger partial charge in [0.15, 0.2) is 0 Å². The molecule has 0 fully saturated rings. The van der Waals surface area contributed by atoms with E-state index in [1.165, 1.54) is 12.8 Å². The molecule has 0 saturated heterocycles. The average molecular weight is 156 g/mol. The fraction of sp³-hybridized carbons (Fsp3) is 1.00. The van der Waals surface area contributed by atoms with E-state index in [4.69, 9.17) is 3.79 Å². The average Bonchev–Trinajstić information content (AvgIpc) is 1.89. The molecular weight excluding hydrogens is 139 g/mol. The van der Waals surface area contributed by atoms with E-state index in [9.17, 15) is 0 Å². The molecule has 0 aromatic heterocycles. The van der Waals surface area contributed by atoms with Crippen LogP contribution in [0.5, 0.6) is 0 Å². The van der Waals surface area contributed by atoms with E-state index < -0.39 is 0 Å². The van der Waals surface area contributed by atoms with E-state index in [0.29, 0.717) is 0 Å². The highest BCUT2D eigenvalue weighted by Gasteiger charge is 2.18. The molecule has 0 atom stereocenters. The summed E-state index contributed by atoms with van der Waals surface area (Å²) < 4.78 is 5.34. The lowest BCUT2D eigenvalue weighted by molar-refractivity contribution is 0.0792. The molecule has 0 N–H and O–H groups in total. The summed E-state index contributed by atoms with van der Waals surface area (Å²) in [6, 6.07) is 0. The molecule has 0 rings (SSSR count). The van der Waals surface area contributed by atoms with Crippen LogP contribution in [0, 0.1) is 0 Å². The van der Waals surface area contributed by atoms with Crippen LogP contribution in [0.4, 0.5) is 0 Å². The zero-order valence-corrected chi connectivity index (χ0v) is 8.47. The van der Waals surface area contributed by atoms with Gasteiger partial charge in [-0.15, -0.1) is 0 Å². The molecule has 0 aliphatic heterocycles. The molecule has 1 nitrogen and oxygen atoms in total. The molecule has 58 valence electrons. The number of hydrogen-bond donors (Lipinski definition) is 0. The van der Waals surface area contributed by atoms with Gasteiger partial charge in [0.25, 0.3) is 0 Å². The third-order valence-electron chi connectivity index (χ3n) is 1.84. The van der Waals surface area contributed by atoms with Crippen LogP contribution in [0.3, 0.4) is 0 Å². The largest absolute Gasteiger partial charge is 0.512 e. The molecule has 0 unspecified atom stereocenters. The lowest BCUT2D eigenvalue weighted by Crippen LogP contribution is -2.27. The molecule has 0 aliphatic rings. The summed E-state index contributed by atoms with van der Waals surface area (Å²) in [5, 5.41) is 0. The second-order valence-corrected chi connectivity index (χ2v) is 3.30. The lowest BCUT2D eigenvalue weighted by Gasteiger charge is -2.29. The maximum Gasteiger partial charge on any atom is 0.369 e. The second-order valence-electron chi connectivity index (χ2n) is 3.07. The topological polar surface area (TPSA) is 9.23 Å². The van der Waals surface area contributed by atoms with Crippen LogP contribution in [0.1, 0.15) is 46.5 Å². The van der Waals surface area contributed by atoms with Gasteiger partial charge < -0.3 is 3.79 Å². The van der Waals surface area contributed by atoms with Gasteiger partial charge in [0.05, 0.1) is 0 Å². The van der Waals surface area contributed by atoms with Crippen LogP contribution >= 0.6 is 0 Å². The van der Waals surface area contributed by atoms with Gasteiger partial charge in [-0.2, -0.15) is 0 Å². The number of rotatable bonds is 5. The van der Waals surface area contributed by atoms with Crippen molar-refractivity contribution in [1.82, 2.24) is 0 Å². The monoisotopic (exact) mass is 156 g/mol. The van der Waals surface area contributed by atoms with Crippen LogP contribution in [0.15, 0.2) is 0 Å². The summed E-state index contributed by atoms with van der Waals surface area (Å²) in [6.07, 6.45) is 4.71. The Balaban J connectivity index is 3.69. The summed E-state index contributed by atoms with van der Waals surface area (Å²) in [7, 11) is 0. The molecule has 0 aliphatic carbocycles. The molecule has 0 bridgehead atoms. The fourth-order valence-corrected chi connectivity index (χ4v) is 1.54. The minimum absolute atomic E-state index is 0.105. The van der Waals surface area contributed by atoms with E-state index in [1.807, 2.05) is 0 Å². The standard InChI is InChI=1S/C8H17O.Al/c1-4-6-8(3,9)7-5-2;/h4-7H2,1-3H3;/q-1;+1. The summed E-state index contributed by atoms with van der Waals surface area (Å²) in [6.45, 7) is 6.56. The maximum atomic E-state index is 5.34. The van der Waals surface area contributed by atoms with Gasteiger partial charge in [-0.25, -0.2) is 0 Å². The van der Waals surface area contributed by atoms with Crippen LogP contribution in [0.25, 0.3) is 0 Å². The van der Waals surface area contributed by atoms with E-state index in [-0.39, 0.29) is 5.60 Å². The highest BCUT2D eigenvalue weighted by molar-refractivity contribution is 5.98. The molecule has 0 saturated carbocycles.